The number of hydrogen-bond acceptors (Lipinski definition) is 5. The van der Waals surface area contributed by atoms with Crippen molar-refractivity contribution in [1.82, 2.24) is 9.80 Å². The highest BCUT2D eigenvalue weighted by Gasteiger charge is 2.47. The Morgan fingerprint density at radius 1 is 1.46 bits per heavy atom. The number of nitrogens with zero attached hydrogens (tertiary/aromatic N) is 2. The molecule has 2 saturated heterocycles. The van der Waals surface area contributed by atoms with Crippen LogP contribution in [-0.2, 0) is 20.8 Å². The van der Waals surface area contributed by atoms with Gasteiger partial charge in [-0.05, 0) is 25.0 Å². The zero-order valence-electron chi connectivity index (χ0n) is 14.7. The van der Waals surface area contributed by atoms with E-state index in [1.165, 1.54) is 0 Å². The lowest BCUT2D eigenvalue weighted by atomic mass is 9.79. The van der Waals surface area contributed by atoms with Crippen molar-refractivity contribution in [2.45, 2.75) is 20.4 Å². The Hall–Kier alpha value is -1.37. The highest BCUT2D eigenvalue weighted by atomic mass is 16.5. The molecule has 0 saturated carbocycles. The molecule has 134 valence electrons. The molecule has 1 aromatic rings. The molecule has 24 heavy (non-hydrogen) atoms. The molecule has 3 heterocycles. The maximum atomic E-state index is 12.4. The van der Waals surface area contributed by atoms with E-state index in [0.29, 0.717) is 32.3 Å². The monoisotopic (exact) mass is 336 g/mol. The first-order valence-electron chi connectivity index (χ1n) is 8.81. The van der Waals surface area contributed by atoms with Gasteiger partial charge in [-0.15, -0.1) is 0 Å². The predicted molar refractivity (Wildman–Crippen MR) is 89.5 cm³/mol. The van der Waals surface area contributed by atoms with Gasteiger partial charge in [0.25, 0.3) is 0 Å². The zero-order valence-corrected chi connectivity index (χ0v) is 14.7. The SMILES string of the molecule is CCOCC(=O)N1CCOC[C@@]2(CN(Cc3ccco3)C[C@@H]2C)C1. The molecular weight excluding hydrogens is 308 g/mol. The average molecular weight is 336 g/mol. The smallest absolute Gasteiger partial charge is 0.248 e. The van der Waals surface area contributed by atoms with Crippen LogP contribution in [0.15, 0.2) is 22.8 Å². The van der Waals surface area contributed by atoms with E-state index in [2.05, 4.69) is 11.8 Å². The van der Waals surface area contributed by atoms with Crippen molar-refractivity contribution in [1.29, 1.82) is 0 Å². The number of amides is 1. The van der Waals surface area contributed by atoms with Gasteiger partial charge in [0.05, 0.1) is 26.0 Å². The van der Waals surface area contributed by atoms with Crippen LogP contribution in [0, 0.1) is 11.3 Å². The van der Waals surface area contributed by atoms with Crippen molar-refractivity contribution in [3.8, 4) is 0 Å². The molecule has 0 N–H and O–H groups in total. The third kappa shape index (κ3) is 3.82. The molecule has 2 aliphatic rings. The molecular formula is C18H28N2O4. The van der Waals surface area contributed by atoms with Crippen LogP contribution >= 0.6 is 0 Å². The Bertz CT molecular complexity index is 533. The van der Waals surface area contributed by atoms with Crippen molar-refractivity contribution in [3.05, 3.63) is 24.2 Å². The van der Waals surface area contributed by atoms with E-state index >= 15 is 0 Å². The van der Waals surface area contributed by atoms with E-state index in [-0.39, 0.29) is 17.9 Å². The quantitative estimate of drug-likeness (QED) is 0.818. The minimum atomic E-state index is -0.00896. The maximum absolute atomic E-state index is 12.4. The fraction of sp³-hybridized carbons (Fsp3) is 0.722. The molecule has 6 heteroatoms. The Labute approximate surface area is 143 Å². The summed E-state index contributed by atoms with van der Waals surface area (Å²) in [7, 11) is 0. The van der Waals surface area contributed by atoms with Gasteiger partial charge in [-0.25, -0.2) is 0 Å². The third-order valence-electron chi connectivity index (χ3n) is 5.26. The Morgan fingerprint density at radius 2 is 2.33 bits per heavy atom. The minimum Gasteiger partial charge on any atom is -0.468 e. The average Bonchev–Trinajstić information content (AvgIpc) is 3.10. The third-order valence-corrected chi connectivity index (χ3v) is 5.26. The molecule has 6 nitrogen and oxygen atoms in total. The van der Waals surface area contributed by atoms with Gasteiger partial charge < -0.3 is 18.8 Å². The molecule has 1 amide bonds. The number of ether oxygens (including phenoxy) is 2. The number of furan rings is 1. The zero-order chi connectivity index (χ0) is 17.0. The number of hydrogen-bond donors (Lipinski definition) is 0. The van der Waals surface area contributed by atoms with Crippen LogP contribution in [0.4, 0.5) is 0 Å². The van der Waals surface area contributed by atoms with Crippen LogP contribution in [0.25, 0.3) is 0 Å². The molecule has 2 aliphatic heterocycles. The highest BCUT2D eigenvalue weighted by molar-refractivity contribution is 5.77. The van der Waals surface area contributed by atoms with E-state index in [1.807, 2.05) is 24.0 Å². The molecule has 3 rings (SSSR count). The summed E-state index contributed by atoms with van der Waals surface area (Å²) >= 11 is 0. The Morgan fingerprint density at radius 3 is 3.08 bits per heavy atom. The van der Waals surface area contributed by atoms with Crippen molar-refractivity contribution >= 4 is 5.91 Å². The van der Waals surface area contributed by atoms with Crippen molar-refractivity contribution in [3.63, 3.8) is 0 Å². The lowest BCUT2D eigenvalue weighted by molar-refractivity contribution is -0.137. The Kier molecular flexibility index (Phi) is 5.58. The molecule has 0 bridgehead atoms. The van der Waals surface area contributed by atoms with Gasteiger partial charge >= 0.3 is 0 Å². The first-order chi connectivity index (χ1) is 11.6. The standard InChI is InChI=1S/C18H28N2O4/c1-3-22-11-17(21)20-6-8-23-14-18(13-20)12-19(9-15(18)2)10-16-5-4-7-24-16/h4-5,7,15H,3,6,8-14H2,1-2H3/t15-,18+/m0/s1. The Balaban J connectivity index is 1.66. The number of likely N-dealkylation sites (tertiary alicyclic amines) is 1. The summed E-state index contributed by atoms with van der Waals surface area (Å²) in [6.07, 6.45) is 1.72. The fourth-order valence-electron chi connectivity index (χ4n) is 3.83. The summed E-state index contributed by atoms with van der Waals surface area (Å²) in [6.45, 7) is 10.3. The van der Waals surface area contributed by atoms with Gasteiger partial charge in [0.15, 0.2) is 0 Å². The lowest BCUT2D eigenvalue weighted by Gasteiger charge is -2.35. The van der Waals surface area contributed by atoms with E-state index in [4.69, 9.17) is 13.9 Å². The molecule has 2 fully saturated rings. The second kappa shape index (κ2) is 7.68. The molecule has 1 aromatic heterocycles. The number of rotatable bonds is 5. The van der Waals surface area contributed by atoms with Crippen LogP contribution in [0.3, 0.4) is 0 Å². The van der Waals surface area contributed by atoms with Crippen molar-refractivity contribution < 1.29 is 18.7 Å². The van der Waals surface area contributed by atoms with Crippen LogP contribution < -0.4 is 0 Å². The summed E-state index contributed by atoms with van der Waals surface area (Å²) < 4.78 is 16.7. The molecule has 1 spiro atoms. The van der Waals surface area contributed by atoms with Crippen LogP contribution in [0.1, 0.15) is 19.6 Å². The van der Waals surface area contributed by atoms with Crippen molar-refractivity contribution in [2.75, 3.05) is 52.6 Å². The summed E-state index contributed by atoms with van der Waals surface area (Å²) in [5, 5.41) is 0. The highest BCUT2D eigenvalue weighted by Crippen LogP contribution is 2.39. The summed E-state index contributed by atoms with van der Waals surface area (Å²) in [4.78, 5) is 16.7. The molecule has 0 unspecified atom stereocenters. The van der Waals surface area contributed by atoms with Gasteiger partial charge in [-0.1, -0.05) is 6.92 Å². The minimum absolute atomic E-state index is 0.00896. The van der Waals surface area contributed by atoms with E-state index in [0.717, 1.165) is 31.9 Å². The van der Waals surface area contributed by atoms with Crippen LogP contribution in [0.5, 0.6) is 0 Å². The van der Waals surface area contributed by atoms with Crippen molar-refractivity contribution in [2.24, 2.45) is 11.3 Å². The lowest BCUT2D eigenvalue weighted by Crippen LogP contribution is -2.46. The van der Waals surface area contributed by atoms with Gasteiger partial charge in [0, 0.05) is 38.2 Å². The fourth-order valence-corrected chi connectivity index (χ4v) is 3.83. The van der Waals surface area contributed by atoms with E-state index in [1.54, 1.807) is 6.26 Å². The predicted octanol–water partition coefficient (Wildman–Crippen LogP) is 1.61. The second-order valence-electron chi connectivity index (χ2n) is 7.02. The molecule has 2 atom stereocenters. The topological polar surface area (TPSA) is 55.1 Å². The number of carbonyl (C=O) groups is 1. The summed E-state index contributed by atoms with van der Waals surface area (Å²) in [6, 6.07) is 3.94. The van der Waals surface area contributed by atoms with Gasteiger partial charge in [-0.3, -0.25) is 9.69 Å². The maximum Gasteiger partial charge on any atom is 0.248 e. The van der Waals surface area contributed by atoms with Crippen LogP contribution in [-0.4, -0.2) is 68.3 Å². The van der Waals surface area contributed by atoms with Gasteiger partial charge in [0.2, 0.25) is 5.91 Å². The van der Waals surface area contributed by atoms with Gasteiger partial charge in [-0.2, -0.15) is 0 Å². The summed E-state index contributed by atoms with van der Waals surface area (Å²) in [5.41, 5.74) is -0.00896. The molecule has 0 radical (unpaired) electrons. The first-order valence-corrected chi connectivity index (χ1v) is 8.81. The second-order valence-corrected chi connectivity index (χ2v) is 7.02. The molecule has 0 aromatic carbocycles. The first kappa shape index (κ1) is 17.5. The van der Waals surface area contributed by atoms with Crippen LogP contribution in [0.2, 0.25) is 0 Å². The summed E-state index contributed by atoms with van der Waals surface area (Å²) in [5.74, 6) is 1.52. The normalized spacial score (nSPS) is 28.4. The van der Waals surface area contributed by atoms with E-state index < -0.39 is 0 Å². The number of carbonyl (C=O) groups excluding carboxylic acids is 1. The molecule has 0 aliphatic carbocycles. The van der Waals surface area contributed by atoms with Gasteiger partial charge in [0.1, 0.15) is 12.4 Å². The van der Waals surface area contributed by atoms with E-state index in [9.17, 15) is 4.79 Å². The largest absolute Gasteiger partial charge is 0.468 e.